The number of benzene rings is 3. The van der Waals surface area contributed by atoms with E-state index in [0.717, 1.165) is 39.1 Å². The predicted octanol–water partition coefficient (Wildman–Crippen LogP) is 5.45. The Morgan fingerprint density at radius 2 is 1.62 bits per heavy atom. The van der Waals surface area contributed by atoms with Gasteiger partial charge in [-0.05, 0) is 71.5 Å². The van der Waals surface area contributed by atoms with Gasteiger partial charge in [-0.1, -0.05) is 60.2 Å². The Bertz CT molecular complexity index is 1230. The molecule has 4 nitrogen and oxygen atoms in total. The molecule has 160 valence electrons. The van der Waals surface area contributed by atoms with Crippen LogP contribution in [0.25, 0.3) is 22.3 Å². The zero-order valence-electron chi connectivity index (χ0n) is 18.3. The molecule has 0 fully saturated rings. The minimum atomic E-state index is -0.151. The first kappa shape index (κ1) is 21.5. The number of nitrogens with one attached hydrogen (secondary N) is 1. The third-order valence-corrected chi connectivity index (χ3v) is 5.50. The molecule has 1 heterocycles. The number of hydrogen-bond donors (Lipinski definition) is 2. The number of aromatic nitrogens is 1. The first-order valence-corrected chi connectivity index (χ1v) is 10.6. The highest BCUT2D eigenvalue weighted by Crippen LogP contribution is 2.30. The van der Waals surface area contributed by atoms with Crippen molar-refractivity contribution in [2.45, 2.75) is 27.0 Å². The van der Waals surface area contributed by atoms with Gasteiger partial charge in [-0.15, -0.1) is 0 Å². The largest absolute Gasteiger partial charge is 0.392 e. The van der Waals surface area contributed by atoms with Crippen LogP contribution in [0.15, 0.2) is 85.1 Å². The van der Waals surface area contributed by atoms with Gasteiger partial charge in [0.15, 0.2) is 0 Å². The van der Waals surface area contributed by atoms with Crippen LogP contribution in [0.2, 0.25) is 0 Å². The van der Waals surface area contributed by atoms with Gasteiger partial charge in [0.1, 0.15) is 0 Å². The topological polar surface area (TPSA) is 62.2 Å². The van der Waals surface area contributed by atoms with Crippen LogP contribution >= 0.6 is 0 Å². The van der Waals surface area contributed by atoms with E-state index >= 15 is 0 Å². The van der Waals surface area contributed by atoms with E-state index in [1.54, 1.807) is 6.20 Å². The number of carbonyl (C=O) groups is 1. The highest BCUT2D eigenvalue weighted by Gasteiger charge is 2.13. The maximum Gasteiger partial charge on any atom is 0.251 e. The average Bonchev–Trinajstić information content (AvgIpc) is 2.83. The van der Waals surface area contributed by atoms with E-state index in [1.807, 2.05) is 55.5 Å². The fourth-order valence-corrected chi connectivity index (χ4v) is 3.65. The molecule has 0 radical (unpaired) electrons. The van der Waals surface area contributed by atoms with E-state index in [-0.39, 0.29) is 12.5 Å². The Hall–Kier alpha value is -3.76. The van der Waals surface area contributed by atoms with Gasteiger partial charge in [-0.3, -0.25) is 9.78 Å². The Labute approximate surface area is 188 Å². The maximum atomic E-state index is 13.1. The van der Waals surface area contributed by atoms with E-state index in [2.05, 4.69) is 47.6 Å². The van der Waals surface area contributed by atoms with Crippen LogP contribution in [-0.2, 0) is 13.2 Å². The summed E-state index contributed by atoms with van der Waals surface area (Å²) in [5.41, 5.74) is 8.28. The van der Waals surface area contributed by atoms with Gasteiger partial charge in [0.25, 0.3) is 5.91 Å². The molecule has 0 aliphatic carbocycles. The summed E-state index contributed by atoms with van der Waals surface area (Å²) in [5, 5.41) is 12.8. The lowest BCUT2D eigenvalue weighted by Crippen LogP contribution is -2.23. The van der Waals surface area contributed by atoms with Crippen molar-refractivity contribution in [1.29, 1.82) is 0 Å². The summed E-state index contributed by atoms with van der Waals surface area (Å²) < 4.78 is 0. The van der Waals surface area contributed by atoms with Crippen LogP contribution in [-0.4, -0.2) is 16.0 Å². The number of nitrogens with zero attached hydrogens (tertiary/aromatic N) is 1. The molecular formula is C28H26N2O2. The fourth-order valence-electron chi connectivity index (χ4n) is 3.65. The molecule has 0 unspecified atom stereocenters. The molecule has 2 N–H and O–H groups in total. The Morgan fingerprint density at radius 1 is 0.875 bits per heavy atom. The molecule has 1 aromatic heterocycles. The molecule has 4 aromatic rings. The maximum absolute atomic E-state index is 13.1. The summed E-state index contributed by atoms with van der Waals surface area (Å²) in [6.07, 6.45) is 1.78. The monoisotopic (exact) mass is 422 g/mol. The SMILES string of the molecule is Cc1ccc(-c2cc(C(=O)NCc3ccc(C)nc3)cc(-c3ccccc3CO)c2)cc1. The molecule has 0 aliphatic heterocycles. The highest BCUT2D eigenvalue weighted by molar-refractivity contribution is 5.97. The van der Waals surface area contributed by atoms with E-state index in [4.69, 9.17) is 0 Å². The summed E-state index contributed by atoms with van der Waals surface area (Å²) in [7, 11) is 0. The van der Waals surface area contributed by atoms with Gasteiger partial charge in [0.2, 0.25) is 0 Å². The number of aliphatic hydroxyl groups excluding tert-OH is 1. The zero-order valence-corrected chi connectivity index (χ0v) is 18.3. The molecule has 0 saturated carbocycles. The smallest absolute Gasteiger partial charge is 0.251 e. The number of carbonyl (C=O) groups excluding carboxylic acids is 1. The highest BCUT2D eigenvalue weighted by atomic mass is 16.3. The summed E-state index contributed by atoms with van der Waals surface area (Å²) in [6.45, 7) is 4.33. The normalized spacial score (nSPS) is 10.7. The van der Waals surface area contributed by atoms with Crippen LogP contribution in [0.5, 0.6) is 0 Å². The van der Waals surface area contributed by atoms with Gasteiger partial charge < -0.3 is 10.4 Å². The standard InChI is InChI=1S/C28H26N2O2/c1-19-7-11-22(12-8-19)24-13-25(27-6-4-3-5-23(27)18-31)15-26(14-24)28(32)30-17-21-10-9-20(2)29-16-21/h3-16,31H,17-18H2,1-2H3,(H,30,32). The first-order chi connectivity index (χ1) is 15.5. The number of aliphatic hydroxyl groups is 1. The second kappa shape index (κ2) is 9.58. The Balaban J connectivity index is 1.71. The lowest BCUT2D eigenvalue weighted by molar-refractivity contribution is 0.0951. The average molecular weight is 423 g/mol. The van der Waals surface area contributed by atoms with Crippen LogP contribution in [0.1, 0.15) is 32.7 Å². The van der Waals surface area contributed by atoms with Gasteiger partial charge in [-0.2, -0.15) is 0 Å². The minimum absolute atomic E-state index is 0.0626. The third kappa shape index (κ3) is 4.93. The van der Waals surface area contributed by atoms with Crippen molar-refractivity contribution in [3.8, 4) is 22.3 Å². The molecule has 0 bridgehead atoms. The van der Waals surface area contributed by atoms with E-state index < -0.39 is 0 Å². The molecule has 0 spiro atoms. The van der Waals surface area contributed by atoms with E-state index in [1.165, 1.54) is 5.56 Å². The van der Waals surface area contributed by atoms with Crippen molar-refractivity contribution in [1.82, 2.24) is 10.3 Å². The number of rotatable bonds is 6. The lowest BCUT2D eigenvalue weighted by Gasteiger charge is -2.13. The second-order valence-electron chi connectivity index (χ2n) is 7.97. The summed E-state index contributed by atoms with van der Waals surface area (Å²) >= 11 is 0. The first-order valence-electron chi connectivity index (χ1n) is 10.6. The van der Waals surface area contributed by atoms with Crippen molar-refractivity contribution in [2.24, 2.45) is 0 Å². The number of amides is 1. The van der Waals surface area contributed by atoms with Crippen LogP contribution in [0.3, 0.4) is 0 Å². The van der Waals surface area contributed by atoms with Gasteiger partial charge in [0, 0.05) is 24.0 Å². The van der Waals surface area contributed by atoms with Crippen molar-refractivity contribution in [3.05, 3.63) is 113 Å². The van der Waals surface area contributed by atoms with Crippen molar-refractivity contribution in [3.63, 3.8) is 0 Å². The van der Waals surface area contributed by atoms with E-state index in [0.29, 0.717) is 12.1 Å². The second-order valence-corrected chi connectivity index (χ2v) is 7.97. The number of hydrogen-bond acceptors (Lipinski definition) is 3. The van der Waals surface area contributed by atoms with Crippen LogP contribution in [0, 0.1) is 13.8 Å². The van der Waals surface area contributed by atoms with E-state index in [9.17, 15) is 9.90 Å². The van der Waals surface area contributed by atoms with Crippen molar-refractivity contribution < 1.29 is 9.90 Å². The zero-order chi connectivity index (χ0) is 22.5. The lowest BCUT2D eigenvalue weighted by atomic mass is 9.93. The van der Waals surface area contributed by atoms with Crippen molar-refractivity contribution >= 4 is 5.91 Å². The minimum Gasteiger partial charge on any atom is -0.392 e. The van der Waals surface area contributed by atoms with Crippen LogP contribution in [0.4, 0.5) is 0 Å². The molecule has 4 rings (SSSR count). The van der Waals surface area contributed by atoms with Gasteiger partial charge in [-0.25, -0.2) is 0 Å². The summed E-state index contributed by atoms with van der Waals surface area (Å²) in [4.78, 5) is 17.4. The van der Waals surface area contributed by atoms with Crippen molar-refractivity contribution in [2.75, 3.05) is 0 Å². The Morgan fingerprint density at radius 3 is 2.34 bits per heavy atom. The molecule has 3 aromatic carbocycles. The van der Waals surface area contributed by atoms with Gasteiger partial charge in [0.05, 0.1) is 6.61 Å². The molecule has 0 atom stereocenters. The molecule has 1 amide bonds. The number of pyridine rings is 1. The third-order valence-electron chi connectivity index (χ3n) is 5.50. The number of aryl methyl sites for hydroxylation is 2. The summed E-state index contributed by atoms with van der Waals surface area (Å²) in [6, 6.07) is 25.7. The quantitative estimate of drug-likeness (QED) is 0.434. The molecule has 4 heteroatoms. The fraction of sp³-hybridized carbons (Fsp3) is 0.143. The molecule has 0 aliphatic rings. The Kier molecular flexibility index (Phi) is 6.43. The molecular weight excluding hydrogens is 396 g/mol. The molecule has 0 saturated heterocycles. The molecule has 32 heavy (non-hydrogen) atoms. The van der Waals surface area contributed by atoms with Gasteiger partial charge >= 0.3 is 0 Å². The predicted molar refractivity (Wildman–Crippen MR) is 128 cm³/mol. The van der Waals surface area contributed by atoms with Crippen LogP contribution < -0.4 is 5.32 Å². The summed E-state index contributed by atoms with van der Waals surface area (Å²) in [5.74, 6) is -0.151.